The molecule has 0 atom stereocenters. The smallest absolute Gasteiger partial charge is 0.216 e. The quantitative estimate of drug-likeness (QED) is 0.722. The van der Waals surface area contributed by atoms with E-state index in [9.17, 15) is 0 Å². The highest BCUT2D eigenvalue weighted by atomic mass is 79.9. The Kier molecular flexibility index (Phi) is 6.37. The van der Waals surface area contributed by atoms with E-state index in [4.69, 9.17) is 14.2 Å². The number of pyridine rings is 1. The third-order valence-corrected chi connectivity index (χ3v) is 2.33. The van der Waals surface area contributed by atoms with Crippen molar-refractivity contribution < 1.29 is 14.2 Å². The Morgan fingerprint density at radius 1 is 1.25 bits per heavy atom. The molecule has 0 radical (unpaired) electrons. The van der Waals surface area contributed by atoms with Gasteiger partial charge in [-0.1, -0.05) is 0 Å². The van der Waals surface area contributed by atoms with Crippen molar-refractivity contribution in [1.29, 1.82) is 0 Å². The second-order valence-corrected chi connectivity index (χ2v) is 4.14. The van der Waals surface area contributed by atoms with Crippen LogP contribution in [0.1, 0.15) is 5.56 Å². The highest BCUT2D eigenvalue weighted by Crippen LogP contribution is 2.18. The van der Waals surface area contributed by atoms with Crippen LogP contribution < -0.4 is 4.74 Å². The summed E-state index contributed by atoms with van der Waals surface area (Å²) in [5.74, 6) is 0.651. The molecule has 1 heterocycles. The first-order chi connectivity index (χ1) is 7.74. The molecule has 0 aromatic carbocycles. The molecule has 0 aliphatic carbocycles. The van der Waals surface area contributed by atoms with Crippen molar-refractivity contribution in [1.82, 2.24) is 4.98 Å². The van der Waals surface area contributed by atoms with E-state index >= 15 is 0 Å². The third-order valence-electron chi connectivity index (χ3n) is 1.90. The van der Waals surface area contributed by atoms with E-state index in [2.05, 4.69) is 20.9 Å². The predicted octanol–water partition coefficient (Wildman–Crippen LogP) is 2.19. The standard InChI is InChI=1S/C11H16BrNO3/c1-9-7-10(12)8-13-11(9)16-6-5-15-4-3-14-2/h7-8H,3-6H2,1-2H3. The van der Waals surface area contributed by atoms with Gasteiger partial charge in [-0.15, -0.1) is 0 Å². The van der Waals surface area contributed by atoms with Crippen LogP contribution in [0.25, 0.3) is 0 Å². The molecule has 0 aliphatic heterocycles. The van der Waals surface area contributed by atoms with E-state index in [1.165, 1.54) is 0 Å². The first-order valence-corrected chi connectivity index (χ1v) is 5.85. The van der Waals surface area contributed by atoms with E-state index < -0.39 is 0 Å². The van der Waals surface area contributed by atoms with Crippen LogP contribution in [0.15, 0.2) is 16.7 Å². The zero-order chi connectivity index (χ0) is 11.8. The van der Waals surface area contributed by atoms with Crippen molar-refractivity contribution in [3.8, 4) is 5.88 Å². The van der Waals surface area contributed by atoms with Gasteiger partial charge in [0.25, 0.3) is 0 Å². The summed E-state index contributed by atoms with van der Waals surface area (Å²) < 4.78 is 16.6. The fraction of sp³-hybridized carbons (Fsp3) is 0.545. The minimum Gasteiger partial charge on any atom is -0.475 e. The van der Waals surface area contributed by atoms with Gasteiger partial charge < -0.3 is 14.2 Å². The lowest BCUT2D eigenvalue weighted by Crippen LogP contribution is -2.11. The Labute approximate surface area is 104 Å². The zero-order valence-corrected chi connectivity index (χ0v) is 11.1. The Morgan fingerprint density at radius 3 is 2.69 bits per heavy atom. The third kappa shape index (κ3) is 4.92. The fourth-order valence-corrected chi connectivity index (χ4v) is 1.57. The lowest BCUT2D eigenvalue weighted by atomic mass is 10.3. The molecule has 0 bridgehead atoms. The van der Waals surface area contributed by atoms with Crippen molar-refractivity contribution in [2.75, 3.05) is 33.5 Å². The molecule has 0 amide bonds. The monoisotopic (exact) mass is 289 g/mol. The number of hydrogen-bond acceptors (Lipinski definition) is 4. The highest BCUT2D eigenvalue weighted by Gasteiger charge is 2.01. The van der Waals surface area contributed by atoms with Gasteiger partial charge in [0.2, 0.25) is 5.88 Å². The Morgan fingerprint density at radius 2 is 2.00 bits per heavy atom. The lowest BCUT2D eigenvalue weighted by molar-refractivity contribution is 0.0535. The number of nitrogens with zero attached hydrogens (tertiary/aromatic N) is 1. The van der Waals surface area contributed by atoms with E-state index in [1.807, 2.05) is 13.0 Å². The molecule has 5 heteroatoms. The first-order valence-electron chi connectivity index (χ1n) is 5.05. The number of hydrogen-bond donors (Lipinski definition) is 0. The molecule has 16 heavy (non-hydrogen) atoms. The van der Waals surface area contributed by atoms with E-state index in [-0.39, 0.29) is 0 Å². The number of halogens is 1. The molecule has 0 unspecified atom stereocenters. The molecule has 1 rings (SSSR count). The summed E-state index contributed by atoms with van der Waals surface area (Å²) in [5, 5.41) is 0. The maximum Gasteiger partial charge on any atom is 0.216 e. The molecule has 0 spiro atoms. The van der Waals surface area contributed by atoms with Gasteiger partial charge in [-0.25, -0.2) is 4.98 Å². The van der Waals surface area contributed by atoms with Crippen LogP contribution in [0.5, 0.6) is 5.88 Å². The molecular weight excluding hydrogens is 274 g/mol. The van der Waals surface area contributed by atoms with Gasteiger partial charge in [0.1, 0.15) is 6.61 Å². The summed E-state index contributed by atoms with van der Waals surface area (Å²) >= 11 is 3.35. The average molecular weight is 290 g/mol. The van der Waals surface area contributed by atoms with E-state index in [1.54, 1.807) is 13.3 Å². The summed E-state index contributed by atoms with van der Waals surface area (Å²) in [4.78, 5) is 4.16. The van der Waals surface area contributed by atoms with Gasteiger partial charge in [-0.05, 0) is 28.9 Å². The summed E-state index contributed by atoms with van der Waals surface area (Å²) in [6.07, 6.45) is 1.72. The summed E-state index contributed by atoms with van der Waals surface area (Å²) in [6, 6.07) is 1.97. The molecular formula is C11H16BrNO3. The average Bonchev–Trinajstić information content (AvgIpc) is 2.26. The minimum absolute atomic E-state index is 0.499. The maximum absolute atomic E-state index is 5.47. The van der Waals surface area contributed by atoms with E-state index in [0.717, 1.165) is 10.0 Å². The second-order valence-electron chi connectivity index (χ2n) is 3.23. The van der Waals surface area contributed by atoms with Gasteiger partial charge in [0.05, 0.1) is 19.8 Å². The second kappa shape index (κ2) is 7.60. The Hall–Kier alpha value is -0.650. The minimum atomic E-state index is 0.499. The molecule has 0 saturated heterocycles. The Bertz CT molecular complexity index is 320. The van der Waals surface area contributed by atoms with Gasteiger partial charge in [0.15, 0.2) is 0 Å². The number of rotatable bonds is 7. The van der Waals surface area contributed by atoms with Crippen LogP contribution in [0.4, 0.5) is 0 Å². The van der Waals surface area contributed by atoms with Gasteiger partial charge in [-0.3, -0.25) is 0 Å². The van der Waals surface area contributed by atoms with Crippen LogP contribution in [0.2, 0.25) is 0 Å². The van der Waals surface area contributed by atoms with Crippen molar-refractivity contribution in [2.45, 2.75) is 6.92 Å². The highest BCUT2D eigenvalue weighted by molar-refractivity contribution is 9.10. The van der Waals surface area contributed by atoms with Crippen LogP contribution in [0, 0.1) is 6.92 Å². The molecule has 4 nitrogen and oxygen atoms in total. The van der Waals surface area contributed by atoms with Crippen LogP contribution in [-0.4, -0.2) is 38.5 Å². The van der Waals surface area contributed by atoms with Crippen LogP contribution >= 0.6 is 15.9 Å². The molecule has 0 aliphatic rings. The maximum atomic E-state index is 5.47. The topological polar surface area (TPSA) is 40.6 Å². The summed E-state index contributed by atoms with van der Waals surface area (Å²) in [5.41, 5.74) is 1.01. The van der Waals surface area contributed by atoms with Gasteiger partial charge in [0, 0.05) is 23.3 Å². The summed E-state index contributed by atoms with van der Waals surface area (Å²) in [7, 11) is 1.65. The van der Waals surface area contributed by atoms with Crippen LogP contribution in [0.3, 0.4) is 0 Å². The molecule has 0 saturated carbocycles. The summed E-state index contributed by atoms with van der Waals surface area (Å²) in [6.45, 7) is 4.20. The van der Waals surface area contributed by atoms with Crippen molar-refractivity contribution in [3.05, 3.63) is 22.3 Å². The normalized spacial score (nSPS) is 10.4. The number of methoxy groups -OCH3 is 1. The number of aryl methyl sites for hydroxylation is 1. The molecule has 0 fully saturated rings. The predicted molar refractivity (Wildman–Crippen MR) is 64.9 cm³/mol. The van der Waals surface area contributed by atoms with Crippen molar-refractivity contribution >= 4 is 15.9 Å². The van der Waals surface area contributed by atoms with Gasteiger partial charge >= 0.3 is 0 Å². The largest absolute Gasteiger partial charge is 0.475 e. The first kappa shape index (κ1) is 13.4. The lowest BCUT2D eigenvalue weighted by Gasteiger charge is -2.08. The van der Waals surface area contributed by atoms with Crippen LogP contribution in [-0.2, 0) is 9.47 Å². The number of ether oxygens (including phenoxy) is 3. The van der Waals surface area contributed by atoms with Crippen molar-refractivity contribution in [3.63, 3.8) is 0 Å². The number of aromatic nitrogens is 1. The SMILES string of the molecule is COCCOCCOc1ncc(Br)cc1C. The zero-order valence-electron chi connectivity index (χ0n) is 9.53. The molecule has 1 aromatic rings. The van der Waals surface area contributed by atoms with E-state index in [0.29, 0.717) is 32.3 Å². The Balaban J connectivity index is 2.21. The fourth-order valence-electron chi connectivity index (χ4n) is 1.12. The van der Waals surface area contributed by atoms with Gasteiger partial charge in [-0.2, -0.15) is 0 Å². The molecule has 90 valence electrons. The molecule has 1 aromatic heterocycles. The molecule has 0 N–H and O–H groups in total. The van der Waals surface area contributed by atoms with Crippen molar-refractivity contribution in [2.24, 2.45) is 0 Å².